The lowest BCUT2D eigenvalue weighted by Crippen LogP contribution is -2.47. The Kier molecular flexibility index (Phi) is 11.6. The lowest BCUT2D eigenvalue weighted by molar-refractivity contribution is -0.134. The van der Waals surface area contributed by atoms with Gasteiger partial charge in [-0.2, -0.15) is 0 Å². The van der Waals surface area contributed by atoms with Crippen molar-refractivity contribution in [2.24, 2.45) is 5.73 Å². The SMILES string of the molecule is CC(=O)O.CC(C)(C)OC(=O)NC[C@H](CCN)NC(=O)OC(C)(C)C. The molecule has 0 aliphatic rings. The monoisotopic (exact) mass is 363 g/mol. The first-order valence-corrected chi connectivity index (χ1v) is 8.02. The minimum absolute atomic E-state index is 0.228. The van der Waals surface area contributed by atoms with Crippen LogP contribution in [0.4, 0.5) is 9.59 Å². The van der Waals surface area contributed by atoms with Crippen molar-refractivity contribution in [3.63, 3.8) is 0 Å². The standard InChI is InChI=1S/C14H29N3O4.C2H4O2/c1-13(2,3)20-11(18)16-9-10(7-8-15)17-12(19)21-14(4,5)6;1-2(3)4/h10H,7-9,15H2,1-6H3,(H,16,18)(H,17,19);1H3,(H,3,4)/t10-;/m0./s1. The van der Waals surface area contributed by atoms with Crippen LogP contribution in [0.15, 0.2) is 0 Å². The molecule has 2 amide bonds. The maximum absolute atomic E-state index is 11.7. The average molecular weight is 363 g/mol. The number of carbonyl (C=O) groups excluding carboxylic acids is 2. The third-order valence-corrected chi connectivity index (χ3v) is 2.13. The van der Waals surface area contributed by atoms with E-state index in [1.165, 1.54) is 0 Å². The smallest absolute Gasteiger partial charge is 0.407 e. The maximum Gasteiger partial charge on any atom is 0.407 e. The van der Waals surface area contributed by atoms with Crippen LogP contribution in [0.25, 0.3) is 0 Å². The Morgan fingerprint density at radius 2 is 1.40 bits per heavy atom. The summed E-state index contributed by atoms with van der Waals surface area (Å²) in [6, 6.07) is -0.308. The summed E-state index contributed by atoms with van der Waals surface area (Å²) in [5.41, 5.74) is 4.37. The zero-order valence-electron chi connectivity index (χ0n) is 16.3. The zero-order valence-corrected chi connectivity index (χ0v) is 16.3. The predicted molar refractivity (Wildman–Crippen MR) is 94.4 cm³/mol. The van der Waals surface area contributed by atoms with Crippen LogP contribution >= 0.6 is 0 Å². The normalized spacial score (nSPS) is 12.2. The quantitative estimate of drug-likeness (QED) is 0.584. The molecule has 0 aromatic rings. The van der Waals surface area contributed by atoms with Crippen molar-refractivity contribution in [3.05, 3.63) is 0 Å². The Bertz CT molecular complexity index is 423. The van der Waals surface area contributed by atoms with Gasteiger partial charge >= 0.3 is 12.2 Å². The molecule has 0 spiro atoms. The van der Waals surface area contributed by atoms with Crippen molar-refractivity contribution in [3.8, 4) is 0 Å². The van der Waals surface area contributed by atoms with Crippen molar-refractivity contribution >= 4 is 18.2 Å². The van der Waals surface area contributed by atoms with Crippen LogP contribution in [0.2, 0.25) is 0 Å². The van der Waals surface area contributed by atoms with Crippen LogP contribution in [0, 0.1) is 0 Å². The van der Waals surface area contributed by atoms with Crippen LogP contribution in [0.1, 0.15) is 54.9 Å². The van der Waals surface area contributed by atoms with E-state index in [9.17, 15) is 9.59 Å². The van der Waals surface area contributed by atoms with E-state index < -0.39 is 29.4 Å². The van der Waals surface area contributed by atoms with E-state index in [0.717, 1.165) is 6.92 Å². The van der Waals surface area contributed by atoms with E-state index in [0.29, 0.717) is 13.0 Å². The first-order chi connectivity index (χ1) is 11.2. The molecule has 1 atom stereocenters. The molecule has 5 N–H and O–H groups in total. The fraction of sp³-hybridized carbons (Fsp3) is 0.812. The molecule has 0 aliphatic carbocycles. The largest absolute Gasteiger partial charge is 0.481 e. The van der Waals surface area contributed by atoms with E-state index in [4.69, 9.17) is 25.1 Å². The van der Waals surface area contributed by atoms with Crippen LogP contribution < -0.4 is 16.4 Å². The molecule has 0 aromatic heterocycles. The molecule has 0 bridgehead atoms. The van der Waals surface area contributed by atoms with E-state index in [-0.39, 0.29) is 12.6 Å². The minimum Gasteiger partial charge on any atom is -0.481 e. The van der Waals surface area contributed by atoms with Gasteiger partial charge in [0.1, 0.15) is 11.2 Å². The Hall–Kier alpha value is -2.03. The summed E-state index contributed by atoms with van der Waals surface area (Å²) in [6.07, 6.45) is -0.544. The van der Waals surface area contributed by atoms with Crippen molar-refractivity contribution < 1.29 is 29.0 Å². The molecule has 0 radical (unpaired) electrons. The summed E-state index contributed by atoms with van der Waals surface area (Å²) in [6.45, 7) is 12.4. The molecular weight excluding hydrogens is 330 g/mol. The van der Waals surface area contributed by atoms with E-state index in [1.807, 2.05) is 0 Å². The van der Waals surface area contributed by atoms with Gasteiger partial charge in [0.15, 0.2) is 0 Å². The van der Waals surface area contributed by atoms with Crippen LogP contribution in [-0.4, -0.2) is 53.6 Å². The van der Waals surface area contributed by atoms with Gasteiger partial charge in [-0.25, -0.2) is 9.59 Å². The second-order valence-corrected chi connectivity index (χ2v) is 7.32. The van der Waals surface area contributed by atoms with Gasteiger partial charge in [-0.1, -0.05) is 0 Å². The van der Waals surface area contributed by atoms with Crippen molar-refractivity contribution in [1.82, 2.24) is 10.6 Å². The fourth-order valence-electron chi connectivity index (χ4n) is 1.42. The number of ether oxygens (including phenoxy) is 2. The molecule has 0 saturated carbocycles. The van der Waals surface area contributed by atoms with E-state index in [2.05, 4.69) is 10.6 Å². The van der Waals surface area contributed by atoms with Gasteiger partial charge in [0.05, 0.1) is 6.04 Å². The highest BCUT2D eigenvalue weighted by Crippen LogP contribution is 2.08. The van der Waals surface area contributed by atoms with Gasteiger partial charge in [-0.3, -0.25) is 4.79 Å². The summed E-state index contributed by atoms with van der Waals surface area (Å²) in [4.78, 5) is 32.3. The average Bonchev–Trinajstić information content (AvgIpc) is 2.31. The summed E-state index contributed by atoms with van der Waals surface area (Å²) >= 11 is 0. The van der Waals surface area contributed by atoms with Crippen molar-refractivity contribution in [1.29, 1.82) is 0 Å². The number of aliphatic carboxylic acids is 1. The lowest BCUT2D eigenvalue weighted by atomic mass is 10.2. The number of amides is 2. The number of alkyl carbamates (subject to hydrolysis) is 2. The zero-order chi connectivity index (χ0) is 20.3. The highest BCUT2D eigenvalue weighted by Gasteiger charge is 2.21. The molecular formula is C16H33N3O6. The third-order valence-electron chi connectivity index (χ3n) is 2.13. The van der Waals surface area contributed by atoms with Gasteiger partial charge in [0, 0.05) is 13.5 Å². The van der Waals surface area contributed by atoms with E-state index in [1.54, 1.807) is 41.5 Å². The number of carboxylic acids is 1. The lowest BCUT2D eigenvalue weighted by Gasteiger charge is -2.24. The molecule has 0 aliphatic heterocycles. The van der Waals surface area contributed by atoms with Gasteiger partial charge < -0.3 is 30.9 Å². The van der Waals surface area contributed by atoms with Crippen LogP contribution in [0.3, 0.4) is 0 Å². The molecule has 25 heavy (non-hydrogen) atoms. The third kappa shape index (κ3) is 22.0. The summed E-state index contributed by atoms with van der Waals surface area (Å²) in [7, 11) is 0. The second kappa shape index (κ2) is 11.5. The predicted octanol–water partition coefficient (Wildman–Crippen LogP) is 1.84. The topological polar surface area (TPSA) is 140 Å². The first-order valence-electron chi connectivity index (χ1n) is 8.02. The Morgan fingerprint density at radius 3 is 1.76 bits per heavy atom. The number of nitrogens with two attached hydrogens (primary N) is 1. The summed E-state index contributed by atoms with van der Waals surface area (Å²) < 4.78 is 10.3. The number of rotatable bonds is 5. The molecule has 9 heteroatoms. The fourth-order valence-corrected chi connectivity index (χ4v) is 1.42. The molecule has 0 fully saturated rings. The van der Waals surface area contributed by atoms with Crippen LogP contribution in [-0.2, 0) is 14.3 Å². The molecule has 0 unspecified atom stereocenters. The molecule has 148 valence electrons. The Balaban J connectivity index is 0. The number of carboxylic acid groups (broad SMARTS) is 1. The minimum atomic E-state index is -0.833. The molecule has 0 aromatic carbocycles. The maximum atomic E-state index is 11.7. The van der Waals surface area contributed by atoms with Gasteiger partial charge in [-0.15, -0.1) is 0 Å². The first kappa shape index (κ1) is 25.2. The van der Waals surface area contributed by atoms with Gasteiger partial charge in [0.25, 0.3) is 5.97 Å². The molecule has 9 nitrogen and oxygen atoms in total. The summed E-state index contributed by atoms with van der Waals surface area (Å²) in [5, 5.41) is 12.7. The van der Waals surface area contributed by atoms with E-state index >= 15 is 0 Å². The number of carbonyl (C=O) groups is 3. The summed E-state index contributed by atoms with van der Waals surface area (Å²) in [5.74, 6) is -0.833. The number of hydrogen-bond acceptors (Lipinski definition) is 6. The Morgan fingerprint density at radius 1 is 1.00 bits per heavy atom. The number of hydrogen-bond donors (Lipinski definition) is 4. The van der Waals surface area contributed by atoms with Gasteiger partial charge in [0.2, 0.25) is 0 Å². The van der Waals surface area contributed by atoms with Crippen LogP contribution in [0.5, 0.6) is 0 Å². The Labute approximate surface area is 149 Å². The molecule has 0 heterocycles. The second-order valence-electron chi connectivity index (χ2n) is 7.32. The highest BCUT2D eigenvalue weighted by atomic mass is 16.6. The molecule has 0 saturated heterocycles. The highest BCUT2D eigenvalue weighted by molar-refractivity contribution is 5.69. The van der Waals surface area contributed by atoms with Crippen molar-refractivity contribution in [2.45, 2.75) is 72.1 Å². The van der Waals surface area contributed by atoms with Crippen molar-refractivity contribution in [2.75, 3.05) is 13.1 Å². The van der Waals surface area contributed by atoms with Gasteiger partial charge in [-0.05, 0) is 54.5 Å². The molecule has 0 rings (SSSR count). The number of nitrogens with one attached hydrogen (secondary N) is 2.